The fourth-order valence-corrected chi connectivity index (χ4v) is 4.78. The van der Waals surface area contributed by atoms with Crippen LogP contribution in [0.3, 0.4) is 0 Å². The molecule has 4 rings (SSSR count). The van der Waals surface area contributed by atoms with E-state index in [0.29, 0.717) is 10.0 Å². The van der Waals surface area contributed by atoms with E-state index < -0.39 is 10.9 Å². The summed E-state index contributed by atoms with van der Waals surface area (Å²) in [6.07, 6.45) is 3.68. The van der Waals surface area contributed by atoms with Gasteiger partial charge in [0.1, 0.15) is 11.3 Å². The van der Waals surface area contributed by atoms with E-state index in [0.717, 1.165) is 20.9 Å². The summed E-state index contributed by atoms with van der Waals surface area (Å²) >= 11 is 17.8. The fraction of sp³-hybridized carbons (Fsp3) is 0.100. The van der Waals surface area contributed by atoms with Crippen molar-refractivity contribution in [1.82, 2.24) is 5.32 Å². The second-order valence-corrected chi connectivity index (χ2v) is 8.81. The SMILES string of the molecule is NC1=NC(S)NC(=O)C12C=C(c1ccc(Cl)cc1)SC(c1ccc(Cl)cc1)=C2. The maximum atomic E-state index is 13.0. The molecule has 0 saturated heterocycles. The van der Waals surface area contributed by atoms with Crippen molar-refractivity contribution in [2.24, 2.45) is 16.1 Å². The van der Waals surface area contributed by atoms with E-state index in [-0.39, 0.29) is 11.7 Å². The quantitative estimate of drug-likeness (QED) is 0.578. The zero-order chi connectivity index (χ0) is 19.9. The number of amides is 1. The van der Waals surface area contributed by atoms with E-state index in [2.05, 4.69) is 22.9 Å². The molecule has 4 nitrogen and oxygen atoms in total. The molecule has 1 amide bonds. The molecular formula is C20H15Cl2N3OS2. The molecule has 142 valence electrons. The van der Waals surface area contributed by atoms with Gasteiger partial charge >= 0.3 is 0 Å². The third kappa shape index (κ3) is 3.57. The van der Waals surface area contributed by atoms with Gasteiger partial charge in [0.25, 0.3) is 0 Å². The minimum absolute atomic E-state index is 0.203. The molecule has 0 radical (unpaired) electrons. The summed E-state index contributed by atoms with van der Waals surface area (Å²) < 4.78 is 0. The molecule has 3 N–H and O–H groups in total. The van der Waals surface area contributed by atoms with Gasteiger partial charge in [-0.1, -0.05) is 59.2 Å². The van der Waals surface area contributed by atoms with E-state index in [9.17, 15) is 4.79 Å². The van der Waals surface area contributed by atoms with Crippen molar-refractivity contribution >= 4 is 69.1 Å². The van der Waals surface area contributed by atoms with Gasteiger partial charge in [-0.3, -0.25) is 4.79 Å². The van der Waals surface area contributed by atoms with Gasteiger partial charge in [-0.2, -0.15) is 0 Å². The van der Waals surface area contributed by atoms with Crippen LogP contribution in [0.25, 0.3) is 9.81 Å². The number of thiol groups is 1. The van der Waals surface area contributed by atoms with Gasteiger partial charge < -0.3 is 11.1 Å². The van der Waals surface area contributed by atoms with E-state index in [1.807, 2.05) is 60.7 Å². The van der Waals surface area contributed by atoms with Crippen LogP contribution < -0.4 is 11.1 Å². The molecule has 2 heterocycles. The highest BCUT2D eigenvalue weighted by Gasteiger charge is 2.45. The van der Waals surface area contributed by atoms with Crippen molar-refractivity contribution in [2.45, 2.75) is 5.50 Å². The second-order valence-electron chi connectivity index (χ2n) is 6.36. The summed E-state index contributed by atoms with van der Waals surface area (Å²) in [5, 5.41) is 4.03. The number of hydrogen-bond acceptors (Lipinski definition) is 5. The summed E-state index contributed by atoms with van der Waals surface area (Å²) in [7, 11) is 0. The average molecular weight is 448 g/mol. The van der Waals surface area contributed by atoms with Crippen LogP contribution in [0.4, 0.5) is 0 Å². The van der Waals surface area contributed by atoms with Crippen molar-refractivity contribution < 1.29 is 4.79 Å². The number of aliphatic imine (C=N–C) groups is 1. The van der Waals surface area contributed by atoms with Gasteiger partial charge in [-0.15, -0.1) is 12.6 Å². The van der Waals surface area contributed by atoms with Gasteiger partial charge in [0, 0.05) is 19.9 Å². The Hall–Kier alpha value is -1.86. The summed E-state index contributed by atoms with van der Waals surface area (Å²) in [6.45, 7) is 0. The molecule has 0 saturated carbocycles. The molecule has 1 atom stereocenters. The number of halogens is 2. The number of nitrogens with one attached hydrogen (secondary N) is 1. The molecular weight excluding hydrogens is 433 g/mol. The zero-order valence-corrected chi connectivity index (χ0v) is 17.6. The molecule has 2 aliphatic rings. The molecule has 0 aromatic heterocycles. The highest BCUT2D eigenvalue weighted by atomic mass is 35.5. The average Bonchev–Trinajstić information content (AvgIpc) is 2.67. The Balaban J connectivity index is 1.88. The third-order valence-electron chi connectivity index (χ3n) is 4.52. The van der Waals surface area contributed by atoms with Gasteiger partial charge in [0.2, 0.25) is 5.91 Å². The molecule has 8 heteroatoms. The van der Waals surface area contributed by atoms with Crippen molar-refractivity contribution in [2.75, 3.05) is 0 Å². The van der Waals surface area contributed by atoms with E-state index in [1.54, 1.807) is 11.8 Å². The molecule has 0 aliphatic carbocycles. The molecule has 1 spiro atoms. The van der Waals surface area contributed by atoms with Crippen LogP contribution in [-0.2, 0) is 4.79 Å². The number of carbonyl (C=O) groups is 1. The standard InChI is InChI=1S/C20H15Cl2N3OS2/c21-13-5-1-11(2-6-13)15-9-20(17(23)24-19(27)25-18(20)26)10-16(28-15)12-3-7-14(22)8-4-12/h1-10,19,27H,(H2,23,24)(H,25,26). The summed E-state index contributed by atoms with van der Waals surface area (Å²) in [5.74, 6) is -0.0623. The lowest BCUT2D eigenvalue weighted by Crippen LogP contribution is -2.54. The van der Waals surface area contributed by atoms with E-state index in [4.69, 9.17) is 28.9 Å². The number of amidine groups is 1. The monoisotopic (exact) mass is 447 g/mol. The van der Waals surface area contributed by atoms with Gasteiger partial charge in [0.05, 0.1) is 0 Å². The van der Waals surface area contributed by atoms with Gasteiger partial charge in [0.15, 0.2) is 5.50 Å². The first-order chi connectivity index (χ1) is 13.4. The largest absolute Gasteiger partial charge is 0.386 e. The van der Waals surface area contributed by atoms with Crippen molar-refractivity contribution in [1.29, 1.82) is 0 Å². The molecule has 1 unspecified atom stereocenters. The third-order valence-corrected chi connectivity index (χ3v) is 6.41. The predicted octanol–water partition coefficient (Wildman–Crippen LogP) is 4.81. The lowest BCUT2D eigenvalue weighted by atomic mass is 9.82. The van der Waals surface area contributed by atoms with Crippen LogP contribution in [0, 0.1) is 5.41 Å². The number of benzene rings is 2. The molecule has 0 bridgehead atoms. The van der Waals surface area contributed by atoms with E-state index in [1.165, 1.54) is 0 Å². The Kier molecular flexibility index (Phi) is 5.22. The molecule has 28 heavy (non-hydrogen) atoms. The highest BCUT2D eigenvalue weighted by molar-refractivity contribution is 8.16. The highest BCUT2D eigenvalue weighted by Crippen LogP contribution is 2.49. The van der Waals surface area contributed by atoms with Crippen LogP contribution in [-0.4, -0.2) is 17.2 Å². The first-order valence-corrected chi connectivity index (χ1v) is 10.4. The Morgan fingerprint density at radius 2 is 1.43 bits per heavy atom. The van der Waals surface area contributed by atoms with Crippen molar-refractivity contribution in [3.05, 3.63) is 81.9 Å². The summed E-state index contributed by atoms with van der Waals surface area (Å²) in [6, 6.07) is 14.9. The van der Waals surface area contributed by atoms with Crippen LogP contribution >= 0.6 is 47.6 Å². The predicted molar refractivity (Wildman–Crippen MR) is 121 cm³/mol. The maximum Gasteiger partial charge on any atom is 0.243 e. The number of nitrogens with two attached hydrogens (primary N) is 1. The van der Waals surface area contributed by atoms with Gasteiger partial charge in [-0.05, 0) is 47.5 Å². The van der Waals surface area contributed by atoms with Crippen LogP contribution in [0.5, 0.6) is 0 Å². The van der Waals surface area contributed by atoms with Gasteiger partial charge in [-0.25, -0.2) is 4.99 Å². The van der Waals surface area contributed by atoms with Crippen LogP contribution in [0.15, 0.2) is 65.7 Å². The Morgan fingerprint density at radius 3 is 1.86 bits per heavy atom. The molecule has 2 aromatic carbocycles. The number of carbonyl (C=O) groups excluding carboxylic acids is 1. The van der Waals surface area contributed by atoms with Crippen LogP contribution in [0.2, 0.25) is 10.0 Å². The Bertz CT molecular complexity index is 969. The molecule has 2 aromatic rings. The molecule has 2 aliphatic heterocycles. The smallest absolute Gasteiger partial charge is 0.243 e. The number of thioether (sulfide) groups is 1. The van der Waals surface area contributed by atoms with Crippen molar-refractivity contribution in [3.8, 4) is 0 Å². The topological polar surface area (TPSA) is 67.5 Å². The minimum atomic E-state index is -1.19. The van der Waals surface area contributed by atoms with E-state index >= 15 is 0 Å². The Labute approximate surface area is 182 Å². The number of rotatable bonds is 2. The first-order valence-electron chi connectivity index (χ1n) is 8.36. The second kappa shape index (κ2) is 7.52. The zero-order valence-electron chi connectivity index (χ0n) is 14.4. The summed E-state index contributed by atoms with van der Waals surface area (Å²) in [5.41, 5.74) is 6.27. The lowest BCUT2D eigenvalue weighted by molar-refractivity contribution is -0.124. The normalized spacial score (nSPS) is 20.9. The fourth-order valence-electron chi connectivity index (χ4n) is 3.05. The molecule has 0 fully saturated rings. The summed E-state index contributed by atoms with van der Waals surface area (Å²) in [4.78, 5) is 19.0. The van der Waals surface area contributed by atoms with Crippen LogP contribution in [0.1, 0.15) is 11.1 Å². The number of hydrogen-bond donors (Lipinski definition) is 3. The first kappa shape index (κ1) is 19.5. The minimum Gasteiger partial charge on any atom is -0.386 e. The van der Waals surface area contributed by atoms with Crippen molar-refractivity contribution in [3.63, 3.8) is 0 Å². The lowest BCUT2D eigenvalue weighted by Gasteiger charge is -2.35. The number of nitrogens with zero attached hydrogens (tertiary/aromatic N) is 1. The maximum absolute atomic E-state index is 13.0. The Morgan fingerprint density at radius 1 is 0.964 bits per heavy atom.